The summed E-state index contributed by atoms with van der Waals surface area (Å²) in [7, 11) is 1.61. The molecule has 0 N–H and O–H groups in total. The number of methoxy groups -OCH3 is 1. The van der Waals surface area contributed by atoms with Crippen LogP contribution in [0.15, 0.2) is 17.1 Å². The maximum Gasteiger partial charge on any atom is 0.240 e. The van der Waals surface area contributed by atoms with Gasteiger partial charge < -0.3 is 4.74 Å². The summed E-state index contributed by atoms with van der Waals surface area (Å²) in [4.78, 5) is 13.6. The SMILES string of the molecule is COc1c([125I])cc(N=C=O)cc1[125I]. The van der Waals surface area contributed by atoms with E-state index >= 15 is 0 Å². The number of rotatable bonds is 2. The van der Waals surface area contributed by atoms with Gasteiger partial charge in [-0.25, -0.2) is 4.79 Å². The first kappa shape index (κ1) is 10.9. The molecular formula is C8H5I2NO2. The van der Waals surface area contributed by atoms with Gasteiger partial charge in [0.15, 0.2) is 0 Å². The van der Waals surface area contributed by atoms with Crippen LogP contribution in [0.25, 0.3) is 0 Å². The molecule has 0 aliphatic heterocycles. The molecule has 0 saturated carbocycles. The molecule has 5 heteroatoms. The summed E-state index contributed by atoms with van der Waals surface area (Å²) in [5.41, 5.74) is 0.601. The lowest BCUT2D eigenvalue weighted by atomic mass is 10.3. The summed E-state index contributed by atoms with van der Waals surface area (Å²) < 4.78 is 7.02. The van der Waals surface area contributed by atoms with E-state index in [1.807, 2.05) is 0 Å². The molecular weight excluding hydrogens is 392 g/mol. The number of isocyanates is 1. The van der Waals surface area contributed by atoms with Gasteiger partial charge in [0, 0.05) is 0 Å². The van der Waals surface area contributed by atoms with Crippen molar-refractivity contribution in [2.75, 3.05) is 7.11 Å². The van der Waals surface area contributed by atoms with Crippen LogP contribution in [0.4, 0.5) is 5.69 Å². The topological polar surface area (TPSA) is 38.7 Å². The largest absolute Gasteiger partial charge is 0.495 e. The van der Waals surface area contributed by atoms with Gasteiger partial charge in [0.25, 0.3) is 0 Å². The van der Waals surface area contributed by atoms with Crippen molar-refractivity contribution in [2.45, 2.75) is 0 Å². The third-order valence-electron chi connectivity index (χ3n) is 1.36. The van der Waals surface area contributed by atoms with Gasteiger partial charge in [-0.15, -0.1) is 0 Å². The minimum Gasteiger partial charge on any atom is -0.495 e. The van der Waals surface area contributed by atoms with Crippen LogP contribution in [0.2, 0.25) is 0 Å². The van der Waals surface area contributed by atoms with Crippen LogP contribution >= 0.6 is 45.2 Å². The van der Waals surface area contributed by atoms with Gasteiger partial charge in [-0.3, -0.25) is 0 Å². The molecule has 1 rings (SSSR count). The normalized spacial score (nSPS) is 9.15. The second kappa shape index (κ2) is 4.92. The van der Waals surface area contributed by atoms with Gasteiger partial charge >= 0.3 is 0 Å². The van der Waals surface area contributed by atoms with Gasteiger partial charge in [-0.2, -0.15) is 4.99 Å². The van der Waals surface area contributed by atoms with Crippen molar-refractivity contribution < 1.29 is 9.53 Å². The van der Waals surface area contributed by atoms with Crippen molar-refractivity contribution in [1.82, 2.24) is 0 Å². The molecule has 1 aromatic carbocycles. The highest BCUT2D eigenvalue weighted by Gasteiger charge is 2.06. The highest BCUT2D eigenvalue weighted by Crippen LogP contribution is 2.31. The highest BCUT2D eigenvalue weighted by atomic mass is 125. The fourth-order valence-corrected chi connectivity index (χ4v) is 3.03. The third kappa shape index (κ3) is 2.65. The predicted octanol–water partition coefficient (Wildman–Crippen LogP) is 2.87. The quantitative estimate of drug-likeness (QED) is 0.438. The molecule has 0 heterocycles. The maximum absolute atomic E-state index is 10.0. The molecule has 0 aromatic heterocycles. The van der Waals surface area contributed by atoms with E-state index in [-0.39, 0.29) is 0 Å². The predicted molar refractivity (Wildman–Crippen MR) is 66.2 cm³/mol. The van der Waals surface area contributed by atoms with E-state index in [9.17, 15) is 4.79 Å². The fourth-order valence-electron chi connectivity index (χ4n) is 0.859. The monoisotopic (exact) mass is 397 g/mol. The molecule has 1 aromatic rings. The van der Waals surface area contributed by atoms with Gasteiger partial charge in [0.05, 0.1) is 19.9 Å². The molecule has 0 aliphatic rings. The summed E-state index contributed by atoms with van der Waals surface area (Å²) in [6.45, 7) is 0. The second-order valence-electron chi connectivity index (χ2n) is 2.15. The Kier molecular flexibility index (Phi) is 4.14. The standard InChI is InChI=1S/C8H5I2NO2/c1-13-8-6(9)2-5(11-4-12)3-7(8)10/h2-3H,1H3/i9-2,10-2. The molecule has 0 amide bonds. The highest BCUT2D eigenvalue weighted by molar-refractivity contribution is 14.1. The molecule has 0 spiro atoms. The fraction of sp³-hybridized carbons (Fsp3) is 0.125. The minimum absolute atomic E-state index is 0.601. The molecule has 0 atom stereocenters. The number of carbonyl (C=O) groups excluding carboxylic acids is 1. The van der Waals surface area contributed by atoms with Crippen molar-refractivity contribution in [3.05, 3.63) is 19.3 Å². The molecule has 13 heavy (non-hydrogen) atoms. The number of nitrogens with zero attached hydrogens (tertiary/aromatic N) is 1. The summed E-state index contributed by atoms with van der Waals surface area (Å²) in [5.74, 6) is 0.811. The third-order valence-corrected chi connectivity index (χ3v) is 2.96. The number of hydrogen-bond acceptors (Lipinski definition) is 3. The molecule has 0 radical (unpaired) electrons. The van der Waals surface area contributed by atoms with E-state index < -0.39 is 0 Å². The number of hydrogen-bond donors (Lipinski definition) is 0. The van der Waals surface area contributed by atoms with Crippen LogP contribution in [-0.2, 0) is 4.79 Å². The Balaban J connectivity index is 3.27. The van der Waals surface area contributed by atoms with Gasteiger partial charge in [0.1, 0.15) is 5.75 Å². The number of aliphatic imine (C=N–C) groups is 1. The van der Waals surface area contributed by atoms with Crippen LogP contribution < -0.4 is 4.74 Å². The second-order valence-corrected chi connectivity index (χ2v) is 4.47. The number of halogens is 2. The summed E-state index contributed by atoms with van der Waals surface area (Å²) in [5, 5.41) is 0. The van der Waals surface area contributed by atoms with E-state index in [1.54, 1.807) is 19.2 Å². The zero-order chi connectivity index (χ0) is 9.84. The molecule has 0 bridgehead atoms. The van der Waals surface area contributed by atoms with Gasteiger partial charge in [-0.05, 0) is 57.3 Å². The number of benzene rings is 1. The lowest BCUT2D eigenvalue weighted by molar-refractivity contribution is 0.409. The minimum atomic E-state index is 0.601. The van der Waals surface area contributed by atoms with Crippen molar-refractivity contribution in [3.63, 3.8) is 0 Å². The van der Waals surface area contributed by atoms with Crippen molar-refractivity contribution in [2.24, 2.45) is 4.99 Å². The van der Waals surface area contributed by atoms with Crippen molar-refractivity contribution in [3.8, 4) is 5.75 Å². The van der Waals surface area contributed by atoms with Crippen LogP contribution in [0, 0.1) is 7.14 Å². The zero-order valence-electron chi connectivity index (χ0n) is 6.67. The first-order valence-corrected chi connectivity index (χ1v) is 5.45. The van der Waals surface area contributed by atoms with Gasteiger partial charge in [0.2, 0.25) is 6.08 Å². The van der Waals surface area contributed by atoms with E-state index in [0.717, 1.165) is 12.9 Å². The van der Waals surface area contributed by atoms with Crippen LogP contribution in [0.3, 0.4) is 0 Å². The maximum atomic E-state index is 10.0. The molecule has 3 nitrogen and oxygen atoms in total. The molecule has 0 unspecified atom stereocenters. The Morgan fingerprint density at radius 1 is 1.38 bits per heavy atom. The summed E-state index contributed by atoms with van der Waals surface area (Å²) in [6.07, 6.45) is 1.50. The van der Waals surface area contributed by atoms with Crippen LogP contribution in [0.1, 0.15) is 0 Å². The first-order chi connectivity index (χ1) is 6.19. The molecule has 0 fully saturated rings. The van der Waals surface area contributed by atoms with E-state index in [4.69, 9.17) is 4.74 Å². The Bertz CT molecular complexity index is 349. The Morgan fingerprint density at radius 3 is 2.31 bits per heavy atom. The molecule has 0 aliphatic carbocycles. The van der Waals surface area contributed by atoms with E-state index in [0.29, 0.717) is 5.69 Å². The van der Waals surface area contributed by atoms with Crippen molar-refractivity contribution >= 4 is 56.9 Å². The summed E-state index contributed by atoms with van der Waals surface area (Å²) >= 11 is 4.26. The van der Waals surface area contributed by atoms with Crippen LogP contribution in [-0.4, -0.2) is 13.2 Å². The summed E-state index contributed by atoms with van der Waals surface area (Å²) in [6, 6.07) is 3.54. The number of ether oxygens (including phenoxy) is 1. The lowest BCUT2D eigenvalue weighted by Gasteiger charge is -2.05. The average Bonchev–Trinajstić information content (AvgIpc) is 2.04. The Morgan fingerprint density at radius 2 is 1.92 bits per heavy atom. The molecule has 0 saturated heterocycles. The van der Waals surface area contributed by atoms with Crippen LogP contribution in [0.5, 0.6) is 5.75 Å². The average molecular weight is 397 g/mol. The lowest BCUT2D eigenvalue weighted by Crippen LogP contribution is -1.89. The Hall–Kier alpha value is -0.140. The Labute approximate surface area is 103 Å². The zero-order valence-corrected chi connectivity index (χ0v) is 11.0. The first-order valence-electron chi connectivity index (χ1n) is 3.30. The van der Waals surface area contributed by atoms with E-state index in [1.165, 1.54) is 6.08 Å². The van der Waals surface area contributed by atoms with Crippen molar-refractivity contribution in [1.29, 1.82) is 0 Å². The van der Waals surface area contributed by atoms with Gasteiger partial charge in [-0.1, -0.05) is 0 Å². The van der Waals surface area contributed by atoms with E-state index in [2.05, 4.69) is 50.2 Å². The smallest absolute Gasteiger partial charge is 0.240 e. The molecule has 68 valence electrons.